The van der Waals surface area contributed by atoms with Crippen LogP contribution in [0.3, 0.4) is 0 Å². The molecule has 0 radical (unpaired) electrons. The molecule has 17 heavy (non-hydrogen) atoms. The van der Waals surface area contributed by atoms with Gasteiger partial charge in [0, 0.05) is 19.8 Å². The van der Waals surface area contributed by atoms with Gasteiger partial charge < -0.3 is 9.84 Å². The summed E-state index contributed by atoms with van der Waals surface area (Å²) in [6.45, 7) is 2.36. The van der Waals surface area contributed by atoms with E-state index in [0.717, 1.165) is 25.6 Å². The van der Waals surface area contributed by atoms with Crippen molar-refractivity contribution in [2.24, 2.45) is 5.92 Å². The Kier molecular flexibility index (Phi) is 9.72. The molecule has 1 N–H and O–H groups in total. The van der Waals surface area contributed by atoms with Gasteiger partial charge in [0.15, 0.2) is 0 Å². The van der Waals surface area contributed by atoms with Crippen LogP contribution in [0.1, 0.15) is 70.6 Å². The normalized spacial score (nSPS) is 17.5. The van der Waals surface area contributed by atoms with Crippen LogP contribution >= 0.6 is 0 Å². The van der Waals surface area contributed by atoms with E-state index in [2.05, 4.69) is 0 Å². The summed E-state index contributed by atoms with van der Waals surface area (Å²) in [5, 5.41) is 8.65. The average Bonchev–Trinajstić information content (AvgIpc) is 2.38. The van der Waals surface area contributed by atoms with Gasteiger partial charge in [-0.25, -0.2) is 0 Å². The number of hydrogen-bond acceptors (Lipinski definition) is 2. The van der Waals surface area contributed by atoms with E-state index >= 15 is 0 Å². The predicted molar refractivity (Wildman–Crippen MR) is 72.2 cm³/mol. The van der Waals surface area contributed by atoms with Crippen molar-refractivity contribution in [2.75, 3.05) is 19.8 Å². The second-order valence-electron chi connectivity index (χ2n) is 5.40. The van der Waals surface area contributed by atoms with E-state index in [1.165, 1.54) is 64.2 Å². The van der Waals surface area contributed by atoms with E-state index in [1.54, 1.807) is 0 Å². The summed E-state index contributed by atoms with van der Waals surface area (Å²) in [6.07, 6.45) is 14.5. The summed E-state index contributed by atoms with van der Waals surface area (Å²) in [6, 6.07) is 0. The Balaban J connectivity index is 1.75. The third kappa shape index (κ3) is 8.62. The van der Waals surface area contributed by atoms with Crippen molar-refractivity contribution >= 4 is 0 Å². The lowest BCUT2D eigenvalue weighted by molar-refractivity contribution is 0.0631. The molecule has 0 saturated carbocycles. The van der Waals surface area contributed by atoms with Crippen molar-refractivity contribution in [1.82, 2.24) is 0 Å². The van der Waals surface area contributed by atoms with Crippen LogP contribution in [0.25, 0.3) is 0 Å². The van der Waals surface area contributed by atoms with Gasteiger partial charge in [-0.1, -0.05) is 51.4 Å². The number of aliphatic hydroxyl groups is 1. The molecule has 1 fully saturated rings. The summed E-state index contributed by atoms with van der Waals surface area (Å²) in [5.74, 6) is 0.952. The smallest absolute Gasteiger partial charge is 0.0468 e. The summed E-state index contributed by atoms with van der Waals surface area (Å²) < 4.78 is 5.37. The number of rotatable bonds is 10. The summed E-state index contributed by atoms with van der Waals surface area (Å²) in [4.78, 5) is 0. The minimum atomic E-state index is 0.366. The van der Waals surface area contributed by atoms with Crippen molar-refractivity contribution in [3.63, 3.8) is 0 Å². The minimum absolute atomic E-state index is 0.366. The van der Waals surface area contributed by atoms with Crippen LogP contribution in [0.2, 0.25) is 0 Å². The molecule has 1 aliphatic heterocycles. The highest BCUT2D eigenvalue weighted by atomic mass is 16.5. The first kappa shape index (κ1) is 15.0. The lowest BCUT2D eigenvalue weighted by Crippen LogP contribution is -2.15. The SMILES string of the molecule is OCCCCCCCCCCC1CCOCC1. The van der Waals surface area contributed by atoms with Crippen molar-refractivity contribution < 1.29 is 9.84 Å². The first-order chi connectivity index (χ1) is 8.43. The highest BCUT2D eigenvalue weighted by Crippen LogP contribution is 2.21. The number of hydrogen-bond donors (Lipinski definition) is 1. The molecule has 0 atom stereocenters. The molecule has 2 heteroatoms. The van der Waals surface area contributed by atoms with E-state index in [9.17, 15) is 0 Å². The van der Waals surface area contributed by atoms with Gasteiger partial charge >= 0.3 is 0 Å². The zero-order valence-electron chi connectivity index (χ0n) is 11.3. The van der Waals surface area contributed by atoms with Crippen molar-refractivity contribution in [3.8, 4) is 0 Å². The Labute approximate surface area is 107 Å². The molecule has 0 aromatic heterocycles. The molecule has 102 valence electrons. The van der Waals surface area contributed by atoms with Crippen molar-refractivity contribution in [2.45, 2.75) is 70.6 Å². The fourth-order valence-electron chi connectivity index (χ4n) is 2.64. The van der Waals surface area contributed by atoms with E-state index in [1.807, 2.05) is 0 Å². The molecule has 1 rings (SSSR count). The molecule has 1 saturated heterocycles. The van der Waals surface area contributed by atoms with Crippen molar-refractivity contribution in [1.29, 1.82) is 0 Å². The van der Waals surface area contributed by atoms with E-state index in [0.29, 0.717) is 6.61 Å². The molecule has 0 unspecified atom stereocenters. The molecule has 0 aromatic carbocycles. The van der Waals surface area contributed by atoms with Gasteiger partial charge in [0.1, 0.15) is 0 Å². The quantitative estimate of drug-likeness (QED) is 0.588. The molecule has 0 aliphatic carbocycles. The number of unbranched alkanes of at least 4 members (excludes halogenated alkanes) is 7. The standard InChI is InChI=1S/C15H30O2/c16-12-8-6-4-2-1-3-5-7-9-15-10-13-17-14-11-15/h15-16H,1-14H2. The molecule has 1 aliphatic rings. The molecular weight excluding hydrogens is 212 g/mol. The van der Waals surface area contributed by atoms with Gasteiger partial charge in [-0.15, -0.1) is 0 Å². The van der Waals surface area contributed by atoms with Crippen LogP contribution in [0.15, 0.2) is 0 Å². The first-order valence-corrected chi connectivity index (χ1v) is 7.62. The Morgan fingerprint density at radius 3 is 1.88 bits per heavy atom. The van der Waals surface area contributed by atoms with Gasteiger partial charge in [-0.2, -0.15) is 0 Å². The molecule has 0 aromatic rings. The van der Waals surface area contributed by atoms with Gasteiger partial charge in [-0.05, 0) is 25.2 Å². The maximum Gasteiger partial charge on any atom is 0.0468 e. The zero-order valence-corrected chi connectivity index (χ0v) is 11.3. The number of ether oxygens (including phenoxy) is 1. The Morgan fingerprint density at radius 1 is 0.765 bits per heavy atom. The van der Waals surface area contributed by atoms with Crippen LogP contribution in [0, 0.1) is 5.92 Å². The summed E-state index contributed by atoms with van der Waals surface area (Å²) in [7, 11) is 0. The second-order valence-corrected chi connectivity index (χ2v) is 5.40. The van der Waals surface area contributed by atoms with Crippen LogP contribution in [0.4, 0.5) is 0 Å². The third-order valence-electron chi connectivity index (χ3n) is 3.86. The summed E-state index contributed by atoms with van der Waals surface area (Å²) >= 11 is 0. The molecular formula is C15H30O2. The Hall–Kier alpha value is -0.0800. The largest absolute Gasteiger partial charge is 0.396 e. The topological polar surface area (TPSA) is 29.5 Å². The van der Waals surface area contributed by atoms with Gasteiger partial charge in [0.05, 0.1) is 0 Å². The molecule has 1 heterocycles. The lowest BCUT2D eigenvalue weighted by Gasteiger charge is -2.21. The van der Waals surface area contributed by atoms with Crippen molar-refractivity contribution in [3.05, 3.63) is 0 Å². The third-order valence-corrected chi connectivity index (χ3v) is 3.86. The fourth-order valence-corrected chi connectivity index (χ4v) is 2.64. The maximum atomic E-state index is 8.65. The van der Waals surface area contributed by atoms with Crippen LogP contribution in [-0.4, -0.2) is 24.9 Å². The second kappa shape index (κ2) is 11.0. The molecule has 2 nitrogen and oxygen atoms in total. The van der Waals surface area contributed by atoms with Crippen LogP contribution < -0.4 is 0 Å². The molecule has 0 bridgehead atoms. The van der Waals surface area contributed by atoms with Gasteiger partial charge in [-0.3, -0.25) is 0 Å². The monoisotopic (exact) mass is 242 g/mol. The predicted octanol–water partition coefficient (Wildman–Crippen LogP) is 3.92. The Bertz CT molecular complexity index is 153. The maximum absolute atomic E-state index is 8.65. The number of aliphatic hydroxyl groups excluding tert-OH is 1. The van der Waals surface area contributed by atoms with E-state index < -0.39 is 0 Å². The van der Waals surface area contributed by atoms with Gasteiger partial charge in [0.2, 0.25) is 0 Å². The Morgan fingerprint density at radius 2 is 1.29 bits per heavy atom. The van der Waals surface area contributed by atoms with E-state index in [4.69, 9.17) is 9.84 Å². The minimum Gasteiger partial charge on any atom is -0.396 e. The van der Waals surface area contributed by atoms with Gasteiger partial charge in [0.25, 0.3) is 0 Å². The molecule has 0 amide bonds. The first-order valence-electron chi connectivity index (χ1n) is 7.62. The fraction of sp³-hybridized carbons (Fsp3) is 1.00. The summed E-state index contributed by atoms with van der Waals surface area (Å²) in [5.41, 5.74) is 0. The average molecular weight is 242 g/mol. The lowest BCUT2D eigenvalue weighted by atomic mass is 9.93. The highest BCUT2D eigenvalue weighted by Gasteiger charge is 2.12. The van der Waals surface area contributed by atoms with Crippen LogP contribution in [0.5, 0.6) is 0 Å². The molecule has 0 spiro atoms. The van der Waals surface area contributed by atoms with E-state index in [-0.39, 0.29) is 0 Å². The highest BCUT2D eigenvalue weighted by molar-refractivity contribution is 4.63. The zero-order chi connectivity index (χ0) is 12.2. The van der Waals surface area contributed by atoms with Crippen LogP contribution in [-0.2, 0) is 4.74 Å².